The molecule has 2 fully saturated rings. The van der Waals surface area contributed by atoms with Crippen molar-refractivity contribution in [3.63, 3.8) is 0 Å². The van der Waals surface area contributed by atoms with Gasteiger partial charge >= 0.3 is 0 Å². The SMILES string of the molecule is O=C(C=CCN1CC2CC(C1)c1cccc(=O)n1C2)N1CCN(c2ccc(F)cc2)CC1. The van der Waals surface area contributed by atoms with Crippen molar-refractivity contribution in [2.45, 2.75) is 18.9 Å². The first-order valence-electron chi connectivity index (χ1n) is 11.4. The van der Waals surface area contributed by atoms with Gasteiger partial charge in [-0.1, -0.05) is 12.1 Å². The summed E-state index contributed by atoms with van der Waals surface area (Å²) in [6.07, 6.45) is 4.82. The second-order valence-corrected chi connectivity index (χ2v) is 9.11. The zero-order valence-corrected chi connectivity index (χ0v) is 18.2. The number of carbonyl (C=O) groups excluding carboxylic acids is 1. The lowest BCUT2D eigenvalue weighted by Gasteiger charge is -2.42. The Labute approximate surface area is 187 Å². The second kappa shape index (κ2) is 8.90. The number of aromatic nitrogens is 1. The highest BCUT2D eigenvalue weighted by Crippen LogP contribution is 2.34. The molecule has 2 unspecified atom stereocenters. The highest BCUT2D eigenvalue weighted by molar-refractivity contribution is 5.87. The van der Waals surface area contributed by atoms with Crippen LogP contribution in [0.4, 0.5) is 10.1 Å². The standard InChI is InChI=1S/C25H29FN4O2/c26-21-6-8-22(9-7-21)28-11-13-29(14-12-28)24(31)5-2-10-27-16-19-15-20(18-27)23-3-1-4-25(32)30(23)17-19/h1-9,19-20H,10-18H2. The van der Waals surface area contributed by atoms with Crippen LogP contribution in [0.3, 0.4) is 0 Å². The lowest BCUT2D eigenvalue weighted by atomic mass is 9.83. The van der Waals surface area contributed by atoms with Gasteiger partial charge in [-0.3, -0.25) is 14.5 Å². The van der Waals surface area contributed by atoms with Gasteiger partial charge in [-0.15, -0.1) is 0 Å². The summed E-state index contributed by atoms with van der Waals surface area (Å²) < 4.78 is 15.1. The summed E-state index contributed by atoms with van der Waals surface area (Å²) in [5.74, 6) is 0.700. The summed E-state index contributed by atoms with van der Waals surface area (Å²) >= 11 is 0. The summed E-state index contributed by atoms with van der Waals surface area (Å²) in [4.78, 5) is 31.3. The Kier molecular flexibility index (Phi) is 5.83. The number of hydrogen-bond acceptors (Lipinski definition) is 4. The summed E-state index contributed by atoms with van der Waals surface area (Å²) in [6.45, 7) is 6.27. The molecule has 2 aromatic rings. The van der Waals surface area contributed by atoms with Crippen LogP contribution in [0.25, 0.3) is 0 Å². The molecular formula is C25H29FN4O2. The third-order valence-electron chi connectivity index (χ3n) is 6.96. The maximum absolute atomic E-state index is 13.1. The van der Waals surface area contributed by atoms with Gasteiger partial charge in [-0.2, -0.15) is 0 Å². The molecule has 7 heteroatoms. The van der Waals surface area contributed by atoms with Gasteiger partial charge < -0.3 is 14.4 Å². The molecule has 2 saturated heterocycles. The van der Waals surface area contributed by atoms with E-state index in [2.05, 4.69) is 15.9 Å². The van der Waals surface area contributed by atoms with Crippen molar-refractivity contribution in [1.29, 1.82) is 0 Å². The van der Waals surface area contributed by atoms with Crippen molar-refractivity contribution in [3.8, 4) is 0 Å². The molecular weight excluding hydrogens is 407 g/mol. The molecule has 0 saturated carbocycles. The number of halogens is 1. The van der Waals surface area contributed by atoms with Gasteiger partial charge in [0.15, 0.2) is 0 Å². The number of piperazine rings is 1. The number of rotatable bonds is 4. The van der Waals surface area contributed by atoms with Gasteiger partial charge in [0.05, 0.1) is 0 Å². The largest absolute Gasteiger partial charge is 0.368 e. The van der Waals surface area contributed by atoms with Crippen LogP contribution < -0.4 is 10.5 Å². The summed E-state index contributed by atoms with van der Waals surface area (Å²) in [5.41, 5.74) is 2.25. The highest BCUT2D eigenvalue weighted by Gasteiger charge is 2.34. The predicted molar refractivity (Wildman–Crippen MR) is 122 cm³/mol. The molecule has 5 rings (SSSR count). The molecule has 168 valence electrons. The number of benzene rings is 1. The van der Waals surface area contributed by atoms with Crippen LogP contribution in [-0.2, 0) is 11.3 Å². The van der Waals surface area contributed by atoms with Gasteiger partial charge in [0.1, 0.15) is 5.82 Å². The Balaban J connectivity index is 1.12. The monoisotopic (exact) mass is 436 g/mol. The number of fused-ring (bicyclic) bond motifs is 4. The fourth-order valence-corrected chi connectivity index (χ4v) is 5.39. The third kappa shape index (κ3) is 4.35. The predicted octanol–water partition coefficient (Wildman–Crippen LogP) is 2.31. The molecule has 4 heterocycles. The van der Waals surface area contributed by atoms with Gasteiger partial charge in [-0.05, 0) is 42.7 Å². The topological polar surface area (TPSA) is 48.8 Å². The van der Waals surface area contributed by atoms with Gasteiger partial charge in [0.25, 0.3) is 5.56 Å². The van der Waals surface area contributed by atoms with E-state index < -0.39 is 0 Å². The average Bonchev–Trinajstić information content (AvgIpc) is 2.80. The molecule has 0 N–H and O–H groups in total. The molecule has 1 amide bonds. The van der Waals surface area contributed by atoms with Gasteiger partial charge in [0, 0.05) is 81.8 Å². The zero-order valence-electron chi connectivity index (χ0n) is 18.2. The van der Waals surface area contributed by atoms with Crippen molar-refractivity contribution in [3.05, 3.63) is 76.5 Å². The van der Waals surface area contributed by atoms with E-state index in [9.17, 15) is 14.0 Å². The molecule has 2 atom stereocenters. The number of anilines is 1. The fourth-order valence-electron chi connectivity index (χ4n) is 5.39. The summed E-state index contributed by atoms with van der Waals surface area (Å²) in [6, 6.07) is 12.1. The lowest BCUT2D eigenvalue weighted by Crippen LogP contribution is -2.48. The Hall–Kier alpha value is -2.93. The van der Waals surface area contributed by atoms with Crippen molar-refractivity contribution >= 4 is 11.6 Å². The Morgan fingerprint density at radius 3 is 2.56 bits per heavy atom. The molecule has 1 aromatic carbocycles. The molecule has 6 nitrogen and oxygen atoms in total. The Bertz CT molecular complexity index is 1060. The first-order chi connectivity index (χ1) is 15.6. The minimum absolute atomic E-state index is 0.0536. The third-order valence-corrected chi connectivity index (χ3v) is 6.96. The Morgan fingerprint density at radius 1 is 1.00 bits per heavy atom. The van der Waals surface area contributed by atoms with E-state index >= 15 is 0 Å². The molecule has 32 heavy (non-hydrogen) atoms. The van der Waals surface area contributed by atoms with Crippen molar-refractivity contribution in [2.24, 2.45) is 5.92 Å². The molecule has 1 aromatic heterocycles. The van der Waals surface area contributed by atoms with Crippen LogP contribution in [0.15, 0.2) is 59.4 Å². The van der Waals surface area contributed by atoms with E-state index in [0.717, 1.165) is 57.1 Å². The number of pyridine rings is 1. The minimum Gasteiger partial charge on any atom is -0.368 e. The molecule has 0 spiro atoms. The summed E-state index contributed by atoms with van der Waals surface area (Å²) in [5, 5.41) is 0. The number of carbonyl (C=O) groups is 1. The lowest BCUT2D eigenvalue weighted by molar-refractivity contribution is -0.126. The van der Waals surface area contributed by atoms with E-state index in [1.807, 2.05) is 21.6 Å². The van der Waals surface area contributed by atoms with Gasteiger partial charge in [-0.25, -0.2) is 4.39 Å². The van der Waals surface area contributed by atoms with Crippen LogP contribution >= 0.6 is 0 Å². The number of amides is 1. The average molecular weight is 437 g/mol. The van der Waals surface area contributed by atoms with E-state index in [-0.39, 0.29) is 17.3 Å². The van der Waals surface area contributed by atoms with E-state index in [0.29, 0.717) is 24.9 Å². The molecule has 3 aliphatic heterocycles. The first-order valence-corrected chi connectivity index (χ1v) is 11.4. The quantitative estimate of drug-likeness (QED) is 0.691. The number of piperidine rings is 1. The minimum atomic E-state index is -0.233. The van der Waals surface area contributed by atoms with Crippen LogP contribution in [-0.4, -0.2) is 66.1 Å². The molecule has 2 bridgehead atoms. The number of nitrogens with zero attached hydrogens (tertiary/aromatic N) is 4. The van der Waals surface area contributed by atoms with E-state index in [4.69, 9.17) is 0 Å². The normalized spacial score (nSPS) is 23.4. The van der Waals surface area contributed by atoms with Crippen LogP contribution in [0.5, 0.6) is 0 Å². The van der Waals surface area contributed by atoms with E-state index in [1.54, 1.807) is 24.3 Å². The van der Waals surface area contributed by atoms with Crippen molar-refractivity contribution < 1.29 is 9.18 Å². The first kappa shape index (κ1) is 20.9. The van der Waals surface area contributed by atoms with Crippen LogP contribution in [0.2, 0.25) is 0 Å². The van der Waals surface area contributed by atoms with Gasteiger partial charge in [0.2, 0.25) is 5.91 Å². The maximum atomic E-state index is 13.1. The summed E-state index contributed by atoms with van der Waals surface area (Å²) in [7, 11) is 0. The van der Waals surface area contributed by atoms with Crippen LogP contribution in [0.1, 0.15) is 18.0 Å². The molecule has 0 radical (unpaired) electrons. The maximum Gasteiger partial charge on any atom is 0.250 e. The smallest absolute Gasteiger partial charge is 0.250 e. The fraction of sp³-hybridized carbons (Fsp3) is 0.440. The zero-order chi connectivity index (χ0) is 22.1. The van der Waals surface area contributed by atoms with Crippen LogP contribution in [0, 0.1) is 11.7 Å². The highest BCUT2D eigenvalue weighted by atomic mass is 19.1. The van der Waals surface area contributed by atoms with Crippen molar-refractivity contribution in [1.82, 2.24) is 14.4 Å². The molecule has 0 aliphatic carbocycles. The Morgan fingerprint density at radius 2 is 1.78 bits per heavy atom. The number of likely N-dealkylation sites (tertiary alicyclic amines) is 1. The second-order valence-electron chi connectivity index (χ2n) is 9.11. The van der Waals surface area contributed by atoms with E-state index in [1.165, 1.54) is 12.1 Å². The number of hydrogen-bond donors (Lipinski definition) is 0. The molecule has 3 aliphatic rings. The van der Waals surface area contributed by atoms with Crippen molar-refractivity contribution in [2.75, 3.05) is 50.7 Å².